The number of aliphatic hydroxyl groups excluding tert-OH is 2. The summed E-state index contributed by atoms with van der Waals surface area (Å²) in [5, 5.41) is 18.5. The quantitative estimate of drug-likeness (QED) is 0.504. The van der Waals surface area contributed by atoms with Crippen LogP contribution in [-0.4, -0.2) is 46.2 Å². The molecule has 0 spiro atoms. The van der Waals surface area contributed by atoms with Gasteiger partial charge in [0.1, 0.15) is 0 Å². The van der Waals surface area contributed by atoms with Gasteiger partial charge in [0.2, 0.25) is 0 Å². The van der Waals surface area contributed by atoms with Crippen molar-refractivity contribution in [2.75, 3.05) is 24.7 Å². The molecule has 0 saturated heterocycles. The molecule has 1 atom stereocenters. The number of ether oxygens (including phenoxy) is 1. The van der Waals surface area contributed by atoms with Gasteiger partial charge in [-0.2, -0.15) is 0 Å². The van der Waals surface area contributed by atoms with Gasteiger partial charge >= 0.3 is 5.97 Å². The summed E-state index contributed by atoms with van der Waals surface area (Å²) in [6, 6.07) is 1.52. The highest BCUT2D eigenvalue weighted by Crippen LogP contribution is 2.21. The highest BCUT2D eigenvalue weighted by Gasteiger charge is 2.13. The molecule has 100 valence electrons. The normalized spacial score (nSPS) is 12.2. The Labute approximate surface area is 109 Å². The molecule has 0 fully saturated rings. The molecule has 0 saturated carbocycles. The second kappa shape index (κ2) is 7.20. The maximum atomic E-state index is 11.6. The molecule has 4 N–H and O–H groups in total. The molecule has 0 aliphatic carbocycles. The van der Waals surface area contributed by atoms with E-state index in [-0.39, 0.29) is 30.2 Å². The number of nitrogen functional groups attached to an aromatic ring is 1. The number of pyridine rings is 1. The van der Waals surface area contributed by atoms with Crippen molar-refractivity contribution in [2.24, 2.45) is 0 Å². The maximum Gasteiger partial charge on any atom is 0.340 e. The van der Waals surface area contributed by atoms with Crippen LogP contribution in [0.5, 0.6) is 0 Å². The number of thioether (sulfide) groups is 1. The first-order valence-electron chi connectivity index (χ1n) is 5.42. The molecule has 7 heteroatoms. The van der Waals surface area contributed by atoms with Crippen molar-refractivity contribution in [2.45, 2.75) is 18.1 Å². The third-order valence-electron chi connectivity index (χ3n) is 2.04. The van der Waals surface area contributed by atoms with Crippen molar-refractivity contribution in [3.8, 4) is 0 Å². The number of hydrogen-bond acceptors (Lipinski definition) is 7. The van der Waals surface area contributed by atoms with E-state index in [1.54, 1.807) is 6.92 Å². The van der Waals surface area contributed by atoms with Crippen LogP contribution in [0.25, 0.3) is 0 Å². The third-order valence-corrected chi connectivity index (χ3v) is 3.11. The minimum Gasteiger partial charge on any atom is -0.462 e. The summed E-state index contributed by atoms with van der Waals surface area (Å²) in [7, 11) is 0. The SMILES string of the molecule is CCOC(=O)c1cc(SCC(O)CO)ncc1N. The lowest BCUT2D eigenvalue weighted by molar-refractivity contribution is 0.0527. The van der Waals surface area contributed by atoms with Crippen molar-refractivity contribution in [1.29, 1.82) is 0 Å². The number of carbonyl (C=O) groups is 1. The number of aromatic nitrogens is 1. The molecule has 1 unspecified atom stereocenters. The number of aliphatic hydroxyl groups is 2. The molecule has 1 rings (SSSR count). The highest BCUT2D eigenvalue weighted by molar-refractivity contribution is 7.99. The second-order valence-corrected chi connectivity index (χ2v) is 4.52. The first-order chi connectivity index (χ1) is 8.58. The Balaban J connectivity index is 2.77. The van der Waals surface area contributed by atoms with Crippen molar-refractivity contribution in [3.05, 3.63) is 17.8 Å². The highest BCUT2D eigenvalue weighted by atomic mass is 32.2. The van der Waals surface area contributed by atoms with Crippen LogP contribution in [0.4, 0.5) is 5.69 Å². The predicted octanol–water partition coefficient (Wildman–Crippen LogP) is 0.286. The number of carbonyl (C=O) groups excluding carboxylic acids is 1. The summed E-state index contributed by atoms with van der Waals surface area (Å²) < 4.78 is 4.87. The van der Waals surface area contributed by atoms with Gasteiger partial charge in [0, 0.05) is 5.75 Å². The van der Waals surface area contributed by atoms with Crippen LogP contribution in [0.1, 0.15) is 17.3 Å². The van der Waals surface area contributed by atoms with Gasteiger partial charge in [-0.1, -0.05) is 0 Å². The molecule has 1 heterocycles. The Bertz CT molecular complexity index is 414. The van der Waals surface area contributed by atoms with Crippen LogP contribution in [0.2, 0.25) is 0 Å². The Morgan fingerprint density at radius 3 is 3.00 bits per heavy atom. The molecule has 0 aliphatic heterocycles. The topological polar surface area (TPSA) is 106 Å². The number of nitrogens with two attached hydrogens (primary N) is 1. The lowest BCUT2D eigenvalue weighted by Crippen LogP contribution is -2.15. The van der Waals surface area contributed by atoms with Crippen LogP contribution in [-0.2, 0) is 4.74 Å². The van der Waals surface area contributed by atoms with Crippen LogP contribution in [0, 0.1) is 0 Å². The molecule has 0 aliphatic rings. The van der Waals surface area contributed by atoms with Crippen molar-refractivity contribution in [1.82, 2.24) is 4.98 Å². The van der Waals surface area contributed by atoms with E-state index in [0.717, 1.165) is 0 Å². The van der Waals surface area contributed by atoms with E-state index in [4.69, 9.17) is 15.6 Å². The number of esters is 1. The lowest BCUT2D eigenvalue weighted by atomic mass is 10.2. The zero-order chi connectivity index (χ0) is 13.5. The number of anilines is 1. The maximum absolute atomic E-state index is 11.6. The van der Waals surface area contributed by atoms with Crippen LogP contribution in [0.3, 0.4) is 0 Å². The predicted molar refractivity (Wildman–Crippen MR) is 68.4 cm³/mol. The monoisotopic (exact) mass is 272 g/mol. The molecule has 18 heavy (non-hydrogen) atoms. The fraction of sp³-hybridized carbons (Fsp3) is 0.455. The van der Waals surface area contributed by atoms with Gasteiger partial charge in [0.05, 0.1) is 41.8 Å². The van der Waals surface area contributed by atoms with E-state index in [9.17, 15) is 9.90 Å². The minimum atomic E-state index is -0.819. The summed E-state index contributed by atoms with van der Waals surface area (Å²) in [6.07, 6.45) is 0.556. The molecule has 1 aromatic heterocycles. The summed E-state index contributed by atoms with van der Waals surface area (Å²) in [4.78, 5) is 15.6. The molecule has 6 nitrogen and oxygen atoms in total. The summed E-state index contributed by atoms with van der Waals surface area (Å²) in [5.41, 5.74) is 6.15. The van der Waals surface area contributed by atoms with Gasteiger partial charge in [-0.3, -0.25) is 0 Å². The van der Waals surface area contributed by atoms with E-state index in [1.165, 1.54) is 24.0 Å². The standard InChI is InChI=1S/C11H16N2O4S/c1-2-17-11(16)8-3-10(13-4-9(8)12)18-6-7(15)5-14/h3-4,7,14-15H,2,5-6,12H2,1H3. The lowest BCUT2D eigenvalue weighted by Gasteiger charge is -2.08. The van der Waals surface area contributed by atoms with E-state index in [1.807, 2.05) is 0 Å². The Kier molecular flexibility index (Phi) is 5.90. The van der Waals surface area contributed by atoms with E-state index in [0.29, 0.717) is 5.03 Å². The number of rotatable bonds is 6. The van der Waals surface area contributed by atoms with E-state index < -0.39 is 12.1 Å². The Morgan fingerprint density at radius 2 is 2.39 bits per heavy atom. The summed E-state index contributed by atoms with van der Waals surface area (Å²) >= 11 is 1.23. The van der Waals surface area contributed by atoms with Crippen molar-refractivity contribution < 1.29 is 19.7 Å². The van der Waals surface area contributed by atoms with Crippen LogP contribution >= 0.6 is 11.8 Å². The van der Waals surface area contributed by atoms with Crippen molar-refractivity contribution >= 4 is 23.4 Å². The first-order valence-corrected chi connectivity index (χ1v) is 6.41. The Morgan fingerprint density at radius 1 is 1.67 bits per heavy atom. The largest absolute Gasteiger partial charge is 0.462 e. The van der Waals surface area contributed by atoms with Gasteiger partial charge in [0.25, 0.3) is 0 Å². The fourth-order valence-corrected chi connectivity index (χ4v) is 1.94. The third kappa shape index (κ3) is 4.17. The Hall–Kier alpha value is -1.31. The van der Waals surface area contributed by atoms with E-state index >= 15 is 0 Å². The van der Waals surface area contributed by atoms with Gasteiger partial charge in [0.15, 0.2) is 0 Å². The zero-order valence-corrected chi connectivity index (χ0v) is 10.8. The van der Waals surface area contributed by atoms with Crippen molar-refractivity contribution in [3.63, 3.8) is 0 Å². The molecular weight excluding hydrogens is 256 g/mol. The van der Waals surface area contributed by atoms with Gasteiger partial charge in [-0.05, 0) is 13.0 Å². The van der Waals surface area contributed by atoms with Gasteiger partial charge in [-0.15, -0.1) is 11.8 Å². The first kappa shape index (κ1) is 14.7. The molecule has 0 amide bonds. The summed E-state index contributed by atoms with van der Waals surface area (Å²) in [5.74, 6) is -0.211. The molecule has 0 radical (unpaired) electrons. The van der Waals surface area contributed by atoms with E-state index in [2.05, 4.69) is 4.98 Å². The number of nitrogens with zero attached hydrogens (tertiary/aromatic N) is 1. The average molecular weight is 272 g/mol. The second-order valence-electron chi connectivity index (χ2n) is 3.48. The zero-order valence-electron chi connectivity index (χ0n) is 10.00. The van der Waals surface area contributed by atoms with Gasteiger partial charge < -0.3 is 20.7 Å². The fourth-order valence-electron chi connectivity index (χ4n) is 1.15. The molecule has 0 bridgehead atoms. The minimum absolute atomic E-state index is 0.250. The molecular formula is C11H16N2O4S. The van der Waals surface area contributed by atoms with Crippen LogP contribution < -0.4 is 5.73 Å². The van der Waals surface area contributed by atoms with Crippen LogP contribution in [0.15, 0.2) is 17.3 Å². The smallest absolute Gasteiger partial charge is 0.340 e. The average Bonchev–Trinajstić information content (AvgIpc) is 2.37. The summed E-state index contributed by atoms with van der Waals surface area (Å²) in [6.45, 7) is 1.67. The number of hydrogen-bond donors (Lipinski definition) is 3. The van der Waals surface area contributed by atoms with Gasteiger partial charge in [-0.25, -0.2) is 9.78 Å². The molecule has 0 aromatic carbocycles. The molecule has 1 aromatic rings.